The van der Waals surface area contributed by atoms with Crippen molar-refractivity contribution in [2.24, 2.45) is 17.3 Å². The van der Waals surface area contributed by atoms with E-state index in [1.165, 1.54) is 6.08 Å². The van der Waals surface area contributed by atoms with E-state index in [0.717, 1.165) is 0 Å². The van der Waals surface area contributed by atoms with Crippen LogP contribution in [0.5, 0.6) is 0 Å². The minimum atomic E-state index is -1.56. The summed E-state index contributed by atoms with van der Waals surface area (Å²) < 4.78 is 15.8. The van der Waals surface area contributed by atoms with Crippen LogP contribution >= 0.6 is 23.2 Å². The number of rotatable bonds is 4. The predicted octanol–water partition coefficient (Wildman–Crippen LogP) is 4.60. The molecule has 4 aliphatic rings. The molecule has 37 heavy (non-hydrogen) atoms. The minimum absolute atomic E-state index is 0.0471. The van der Waals surface area contributed by atoms with Crippen molar-refractivity contribution in [2.45, 2.75) is 82.3 Å². The van der Waals surface area contributed by atoms with E-state index < -0.39 is 41.1 Å². The normalized spacial score (nSPS) is 38.7. The van der Waals surface area contributed by atoms with E-state index >= 15 is 4.39 Å². The third kappa shape index (κ3) is 4.52. The molecular formula is C28H34Cl2FN3O3. The van der Waals surface area contributed by atoms with Gasteiger partial charge in [0.2, 0.25) is 11.8 Å². The summed E-state index contributed by atoms with van der Waals surface area (Å²) >= 11 is 12.5. The number of hydrogen-bond donors (Lipinski definition) is 4. The molecule has 1 spiro atoms. The number of nitrogens with one attached hydrogen (secondary N) is 3. The average Bonchev–Trinajstić information content (AvgIpc) is 3.23. The fourth-order valence-electron chi connectivity index (χ4n) is 6.90. The topological polar surface area (TPSA) is 90.5 Å². The third-order valence-corrected chi connectivity index (χ3v) is 8.86. The second-order valence-corrected chi connectivity index (χ2v) is 13.4. The van der Waals surface area contributed by atoms with Crippen LogP contribution in [0.3, 0.4) is 0 Å². The number of allylic oxidation sites excluding steroid dienone is 4. The summed E-state index contributed by atoms with van der Waals surface area (Å²) in [5.74, 6) is -2.16. The molecule has 1 aromatic rings. The lowest BCUT2D eigenvalue weighted by Gasteiger charge is -2.43. The van der Waals surface area contributed by atoms with Crippen LogP contribution in [0.1, 0.15) is 52.5 Å². The Bertz CT molecular complexity index is 1190. The van der Waals surface area contributed by atoms with E-state index in [-0.39, 0.29) is 28.3 Å². The molecule has 5 rings (SSSR count). The van der Waals surface area contributed by atoms with Crippen LogP contribution in [0, 0.1) is 17.3 Å². The van der Waals surface area contributed by atoms with Crippen molar-refractivity contribution in [3.8, 4) is 0 Å². The molecule has 0 bridgehead atoms. The smallest absolute Gasteiger partial charge is 0.237 e. The second-order valence-electron chi connectivity index (χ2n) is 12.5. The van der Waals surface area contributed by atoms with Gasteiger partial charge >= 0.3 is 0 Å². The molecule has 0 aromatic heterocycles. The zero-order valence-corrected chi connectivity index (χ0v) is 23.0. The van der Waals surface area contributed by atoms with E-state index in [2.05, 4.69) is 36.7 Å². The van der Waals surface area contributed by atoms with Crippen molar-refractivity contribution in [1.82, 2.24) is 10.6 Å². The van der Waals surface area contributed by atoms with Crippen molar-refractivity contribution < 1.29 is 19.1 Å². The first-order valence-electron chi connectivity index (χ1n) is 12.8. The van der Waals surface area contributed by atoms with Gasteiger partial charge in [0.25, 0.3) is 0 Å². The van der Waals surface area contributed by atoms with E-state index in [1.807, 2.05) is 6.07 Å². The van der Waals surface area contributed by atoms with Gasteiger partial charge < -0.3 is 21.1 Å². The highest BCUT2D eigenvalue weighted by Crippen LogP contribution is 2.57. The average molecular weight is 551 g/mol. The molecule has 6 nitrogen and oxygen atoms in total. The maximum Gasteiger partial charge on any atom is 0.237 e. The van der Waals surface area contributed by atoms with Gasteiger partial charge in [-0.05, 0) is 55.4 Å². The lowest BCUT2D eigenvalue weighted by Crippen LogP contribution is -2.58. The zero-order chi connectivity index (χ0) is 26.9. The van der Waals surface area contributed by atoms with Crippen molar-refractivity contribution in [3.05, 3.63) is 52.0 Å². The summed E-state index contributed by atoms with van der Waals surface area (Å²) in [6, 6.07) is 3.76. The summed E-state index contributed by atoms with van der Waals surface area (Å²) in [4.78, 5) is 27.9. The number of halogens is 3. The Morgan fingerprint density at radius 1 is 1.27 bits per heavy atom. The van der Waals surface area contributed by atoms with Gasteiger partial charge in [-0.3, -0.25) is 9.59 Å². The Balaban J connectivity index is 1.64. The SMILES string of the molecule is CC(C)(C)C[C@H]1N[C@@H](C(=O)N[C@H]2C[C@@](C)(O)C2)[C@H](C2C=CC=C(Cl)C2F)[C@@]12C(=O)Nc1cc(Cl)ccc12. The first-order chi connectivity index (χ1) is 17.2. The summed E-state index contributed by atoms with van der Waals surface area (Å²) in [5.41, 5.74) is -0.946. The molecule has 1 saturated carbocycles. The number of benzene rings is 1. The standard InChI is InChI=1S/C28H34Cl2FN3O3/c1-26(2,3)13-20-28(17-9-8-14(29)10-19(17)33-25(28)36)21(16-6-5-7-18(30)22(16)31)23(34-20)24(35)32-15-11-27(4,37)12-15/h5-10,15-16,20-23,34,37H,11-13H2,1-4H3,(H,32,35)(H,33,36)/t15-,16?,20-,21+,22?,23-,27+,28+/m1/s1. The highest BCUT2D eigenvalue weighted by atomic mass is 35.5. The molecule has 9 heteroatoms. The first kappa shape index (κ1) is 26.7. The van der Waals surface area contributed by atoms with Gasteiger partial charge in [-0.2, -0.15) is 0 Å². The zero-order valence-electron chi connectivity index (χ0n) is 21.4. The Morgan fingerprint density at radius 3 is 2.62 bits per heavy atom. The van der Waals surface area contributed by atoms with Crippen LogP contribution in [-0.4, -0.2) is 46.8 Å². The number of carbonyl (C=O) groups excluding carboxylic acids is 2. The van der Waals surface area contributed by atoms with Crippen molar-refractivity contribution >= 4 is 40.7 Å². The molecule has 4 N–H and O–H groups in total. The highest BCUT2D eigenvalue weighted by Gasteiger charge is 2.67. The quantitative estimate of drug-likeness (QED) is 0.441. The van der Waals surface area contributed by atoms with Crippen LogP contribution in [0.4, 0.5) is 10.1 Å². The largest absolute Gasteiger partial charge is 0.390 e. The third-order valence-electron chi connectivity index (χ3n) is 8.29. The maximum atomic E-state index is 15.8. The minimum Gasteiger partial charge on any atom is -0.390 e. The summed E-state index contributed by atoms with van der Waals surface area (Å²) in [6.07, 6.45) is 4.82. The van der Waals surface area contributed by atoms with E-state index in [9.17, 15) is 14.7 Å². The Kier molecular flexibility index (Phi) is 6.54. The number of carbonyl (C=O) groups is 2. The number of alkyl halides is 1. The summed E-state index contributed by atoms with van der Waals surface area (Å²) in [6.45, 7) is 7.97. The van der Waals surface area contributed by atoms with E-state index in [0.29, 0.717) is 35.5 Å². The molecule has 2 heterocycles. The molecule has 2 aliphatic carbocycles. The van der Waals surface area contributed by atoms with Crippen LogP contribution < -0.4 is 16.0 Å². The van der Waals surface area contributed by atoms with Crippen molar-refractivity contribution in [3.63, 3.8) is 0 Å². The van der Waals surface area contributed by atoms with Gasteiger partial charge in [0, 0.05) is 34.6 Å². The molecule has 1 aromatic carbocycles. The molecule has 2 amide bonds. The highest BCUT2D eigenvalue weighted by molar-refractivity contribution is 6.31. The summed E-state index contributed by atoms with van der Waals surface area (Å²) in [7, 11) is 0. The summed E-state index contributed by atoms with van der Waals surface area (Å²) in [5, 5.41) is 20.2. The lowest BCUT2D eigenvalue weighted by atomic mass is 9.59. The van der Waals surface area contributed by atoms with Gasteiger partial charge in [-0.15, -0.1) is 0 Å². The monoisotopic (exact) mass is 549 g/mol. The Morgan fingerprint density at radius 2 is 1.97 bits per heavy atom. The van der Waals surface area contributed by atoms with E-state index in [1.54, 1.807) is 31.2 Å². The number of fused-ring (bicyclic) bond motifs is 2. The van der Waals surface area contributed by atoms with Crippen LogP contribution in [0.15, 0.2) is 41.5 Å². The van der Waals surface area contributed by atoms with Crippen LogP contribution in [0.25, 0.3) is 0 Å². The molecule has 1 saturated heterocycles. The number of anilines is 1. The van der Waals surface area contributed by atoms with Gasteiger partial charge in [0.05, 0.1) is 22.1 Å². The lowest BCUT2D eigenvalue weighted by molar-refractivity contribution is -0.129. The molecular weight excluding hydrogens is 516 g/mol. The Labute approximate surface area is 227 Å². The van der Waals surface area contributed by atoms with Gasteiger partial charge in [-0.1, -0.05) is 62.2 Å². The molecule has 2 unspecified atom stereocenters. The molecule has 6 atom stereocenters. The van der Waals surface area contributed by atoms with Gasteiger partial charge in [0.15, 0.2) is 0 Å². The van der Waals surface area contributed by atoms with Crippen LogP contribution in [0.2, 0.25) is 5.02 Å². The second kappa shape index (κ2) is 9.08. The van der Waals surface area contributed by atoms with Crippen molar-refractivity contribution in [2.75, 3.05) is 5.32 Å². The fourth-order valence-corrected chi connectivity index (χ4v) is 7.29. The molecule has 2 fully saturated rings. The molecule has 200 valence electrons. The van der Waals surface area contributed by atoms with Crippen molar-refractivity contribution in [1.29, 1.82) is 0 Å². The number of amides is 2. The predicted molar refractivity (Wildman–Crippen MR) is 143 cm³/mol. The number of aliphatic hydroxyl groups is 1. The maximum absolute atomic E-state index is 15.8. The first-order valence-corrected chi connectivity index (χ1v) is 13.6. The van der Waals surface area contributed by atoms with E-state index in [4.69, 9.17) is 23.2 Å². The fraction of sp³-hybridized carbons (Fsp3) is 0.571. The molecule has 2 aliphatic heterocycles. The number of hydrogen-bond acceptors (Lipinski definition) is 4. The van der Waals surface area contributed by atoms with Gasteiger partial charge in [0.1, 0.15) is 6.17 Å². The van der Waals surface area contributed by atoms with Gasteiger partial charge in [-0.25, -0.2) is 4.39 Å². The Hall–Kier alpha value is -1.93. The van der Waals surface area contributed by atoms with Crippen LogP contribution in [-0.2, 0) is 15.0 Å². The molecule has 0 radical (unpaired) electrons.